The van der Waals surface area contributed by atoms with E-state index in [4.69, 9.17) is 28.8 Å². The number of aryl methyl sites for hydroxylation is 1. The Morgan fingerprint density at radius 2 is 1.83 bits per heavy atom. The molecular formula is C20H15ClN6S2. The summed E-state index contributed by atoms with van der Waals surface area (Å²) in [6, 6.07) is 17.3. The van der Waals surface area contributed by atoms with E-state index in [0.717, 1.165) is 32.9 Å². The van der Waals surface area contributed by atoms with Crippen LogP contribution in [0.4, 0.5) is 5.13 Å². The quantitative estimate of drug-likeness (QED) is 0.622. The molecule has 9 heteroatoms. The summed E-state index contributed by atoms with van der Waals surface area (Å²) in [7, 11) is 0. The number of nitrogens with one attached hydrogen (secondary N) is 1. The highest BCUT2D eigenvalue weighted by atomic mass is 35.5. The third-order valence-electron chi connectivity index (χ3n) is 4.75. The van der Waals surface area contributed by atoms with Crippen LogP contribution >= 0.6 is 35.2 Å². The summed E-state index contributed by atoms with van der Waals surface area (Å²) < 4.78 is 0. The van der Waals surface area contributed by atoms with Crippen LogP contribution in [0, 0.1) is 6.92 Å². The van der Waals surface area contributed by atoms with Gasteiger partial charge in [-0.1, -0.05) is 65.4 Å². The maximum atomic E-state index is 6.08. The second kappa shape index (κ2) is 7.29. The molecule has 2 aliphatic rings. The molecule has 2 aromatic carbocycles. The molecule has 0 spiro atoms. The molecule has 0 amide bonds. The van der Waals surface area contributed by atoms with E-state index in [1.54, 1.807) is 0 Å². The summed E-state index contributed by atoms with van der Waals surface area (Å²) in [5, 5.41) is 14.6. The predicted octanol–water partition coefficient (Wildman–Crippen LogP) is 4.16. The van der Waals surface area contributed by atoms with Gasteiger partial charge in [-0.3, -0.25) is 9.89 Å². The van der Waals surface area contributed by atoms with Crippen molar-refractivity contribution in [3.63, 3.8) is 0 Å². The monoisotopic (exact) mass is 438 g/mol. The SMILES string of the molecule is Cc1nnc(N2C(c3ccccc3)=N[C@H]3C2=NC(=S)N[C@@H]3c2ccc(Cl)cc2)s1. The van der Waals surface area contributed by atoms with Crippen molar-refractivity contribution in [1.82, 2.24) is 15.5 Å². The molecule has 5 rings (SSSR count). The minimum atomic E-state index is -0.248. The average Bonchev–Trinajstić information content (AvgIpc) is 3.32. The highest BCUT2D eigenvalue weighted by Gasteiger charge is 2.43. The number of anilines is 1. The number of hydrogen-bond donors (Lipinski definition) is 1. The lowest BCUT2D eigenvalue weighted by molar-refractivity contribution is 0.595. The first-order chi connectivity index (χ1) is 14.1. The van der Waals surface area contributed by atoms with Crippen molar-refractivity contribution < 1.29 is 0 Å². The van der Waals surface area contributed by atoms with Gasteiger partial charge in [0.2, 0.25) is 5.13 Å². The summed E-state index contributed by atoms with van der Waals surface area (Å²) in [5.74, 6) is 1.54. The van der Waals surface area contributed by atoms with E-state index in [1.807, 2.05) is 66.4 Å². The molecule has 0 saturated carbocycles. The van der Waals surface area contributed by atoms with E-state index < -0.39 is 0 Å². The molecule has 6 nitrogen and oxygen atoms in total. The largest absolute Gasteiger partial charge is 0.351 e. The summed E-state index contributed by atoms with van der Waals surface area (Å²) in [6.07, 6.45) is 0. The fraction of sp³-hybridized carbons (Fsp3) is 0.150. The first kappa shape index (κ1) is 18.4. The van der Waals surface area contributed by atoms with E-state index in [9.17, 15) is 0 Å². The van der Waals surface area contributed by atoms with E-state index >= 15 is 0 Å². The number of fused-ring (bicyclic) bond motifs is 1. The molecule has 2 aliphatic heterocycles. The first-order valence-corrected chi connectivity index (χ1v) is 10.6. The fourth-order valence-corrected chi connectivity index (χ4v) is 4.51. The molecule has 29 heavy (non-hydrogen) atoms. The number of hydrogen-bond acceptors (Lipinski definition) is 6. The molecule has 1 aromatic heterocycles. The van der Waals surface area contributed by atoms with Crippen molar-refractivity contribution in [2.45, 2.75) is 19.0 Å². The summed E-state index contributed by atoms with van der Waals surface area (Å²) in [4.78, 5) is 11.7. The van der Waals surface area contributed by atoms with Crippen LogP contribution in [0.15, 0.2) is 64.6 Å². The van der Waals surface area contributed by atoms with E-state index in [-0.39, 0.29) is 12.1 Å². The normalized spacial score (nSPS) is 20.8. The van der Waals surface area contributed by atoms with Gasteiger partial charge < -0.3 is 5.32 Å². The summed E-state index contributed by atoms with van der Waals surface area (Å²) in [5.41, 5.74) is 2.03. The Morgan fingerprint density at radius 1 is 1.07 bits per heavy atom. The van der Waals surface area contributed by atoms with Crippen molar-refractivity contribution >= 4 is 57.1 Å². The molecule has 3 aromatic rings. The van der Waals surface area contributed by atoms with Crippen molar-refractivity contribution in [1.29, 1.82) is 0 Å². The standard InChI is InChI=1S/C20H15ClN6S2/c1-11-25-26-20(29-11)27-17(13-5-3-2-4-6-13)22-16-15(23-19(28)24-18(16)27)12-7-9-14(21)10-8-12/h2-10,15-16H,1H3,(H,23,28)/t15-,16-/m1/s1. The number of thiocarbonyl (C=S) groups is 1. The molecule has 0 radical (unpaired) electrons. The van der Waals surface area contributed by atoms with Crippen LogP contribution in [0.3, 0.4) is 0 Å². The molecule has 0 aliphatic carbocycles. The molecule has 0 saturated heterocycles. The van der Waals surface area contributed by atoms with E-state index in [1.165, 1.54) is 11.3 Å². The van der Waals surface area contributed by atoms with Crippen LogP contribution < -0.4 is 10.2 Å². The maximum absolute atomic E-state index is 6.08. The van der Waals surface area contributed by atoms with Gasteiger partial charge in [0.05, 0.1) is 6.04 Å². The lowest BCUT2D eigenvalue weighted by Crippen LogP contribution is -2.47. The zero-order chi connectivity index (χ0) is 20.0. The second-order valence-corrected chi connectivity index (χ2v) is 8.63. The minimum Gasteiger partial charge on any atom is -0.351 e. The van der Waals surface area contributed by atoms with Crippen LogP contribution in [-0.2, 0) is 0 Å². The minimum absolute atomic E-state index is 0.148. The molecule has 0 fully saturated rings. The van der Waals surface area contributed by atoms with E-state index in [2.05, 4.69) is 20.5 Å². The molecule has 0 bridgehead atoms. The Balaban J connectivity index is 1.65. The third kappa shape index (κ3) is 3.33. The van der Waals surface area contributed by atoms with Gasteiger partial charge in [0.1, 0.15) is 22.7 Å². The van der Waals surface area contributed by atoms with Crippen LogP contribution in [-0.4, -0.2) is 33.0 Å². The van der Waals surface area contributed by atoms with Crippen molar-refractivity contribution in [3.8, 4) is 0 Å². The maximum Gasteiger partial charge on any atom is 0.219 e. The number of aromatic nitrogens is 2. The van der Waals surface area contributed by atoms with Gasteiger partial charge in [-0.15, -0.1) is 10.2 Å². The Hall–Kier alpha value is -2.68. The summed E-state index contributed by atoms with van der Waals surface area (Å²) >= 11 is 13.0. The number of amidine groups is 2. The number of halogens is 1. The first-order valence-electron chi connectivity index (χ1n) is 8.98. The highest BCUT2D eigenvalue weighted by molar-refractivity contribution is 7.80. The zero-order valence-corrected chi connectivity index (χ0v) is 17.7. The number of benzene rings is 2. The van der Waals surface area contributed by atoms with Crippen LogP contribution in [0.1, 0.15) is 22.2 Å². The Bertz CT molecular complexity index is 1140. The highest BCUT2D eigenvalue weighted by Crippen LogP contribution is 2.35. The average molecular weight is 439 g/mol. The predicted molar refractivity (Wildman–Crippen MR) is 121 cm³/mol. The second-order valence-electron chi connectivity index (χ2n) is 6.65. The van der Waals surface area contributed by atoms with Crippen molar-refractivity contribution in [2.24, 2.45) is 9.98 Å². The van der Waals surface area contributed by atoms with Gasteiger partial charge in [-0.05, 0) is 36.8 Å². The van der Waals surface area contributed by atoms with Gasteiger partial charge in [0.15, 0.2) is 5.11 Å². The van der Waals surface area contributed by atoms with Gasteiger partial charge in [0, 0.05) is 10.6 Å². The molecule has 3 heterocycles. The van der Waals surface area contributed by atoms with Gasteiger partial charge in [-0.25, -0.2) is 4.99 Å². The molecule has 0 unspecified atom stereocenters. The lowest BCUT2D eigenvalue weighted by Gasteiger charge is -2.30. The lowest BCUT2D eigenvalue weighted by atomic mass is 9.98. The number of rotatable bonds is 3. The Labute approximate surface area is 182 Å². The third-order valence-corrected chi connectivity index (χ3v) is 6.03. The van der Waals surface area contributed by atoms with Gasteiger partial charge in [0.25, 0.3) is 0 Å². The number of aliphatic imine (C=N–C) groups is 2. The van der Waals surface area contributed by atoms with Crippen LogP contribution in [0.25, 0.3) is 0 Å². The zero-order valence-electron chi connectivity index (χ0n) is 15.3. The molecule has 144 valence electrons. The van der Waals surface area contributed by atoms with Gasteiger partial charge >= 0.3 is 0 Å². The molecular weight excluding hydrogens is 424 g/mol. The topological polar surface area (TPSA) is 65.8 Å². The van der Waals surface area contributed by atoms with Gasteiger partial charge in [-0.2, -0.15) is 0 Å². The summed E-state index contributed by atoms with van der Waals surface area (Å²) in [6.45, 7) is 1.93. The van der Waals surface area contributed by atoms with Crippen molar-refractivity contribution in [3.05, 3.63) is 75.8 Å². The molecule has 2 atom stereocenters. The molecule has 1 N–H and O–H groups in total. The van der Waals surface area contributed by atoms with Crippen LogP contribution in [0.5, 0.6) is 0 Å². The fourth-order valence-electron chi connectivity index (χ4n) is 3.47. The smallest absolute Gasteiger partial charge is 0.219 e. The van der Waals surface area contributed by atoms with E-state index in [0.29, 0.717) is 10.1 Å². The van der Waals surface area contributed by atoms with Crippen molar-refractivity contribution in [2.75, 3.05) is 4.90 Å². The number of nitrogens with zero attached hydrogens (tertiary/aromatic N) is 5. The Kier molecular flexibility index (Phi) is 4.61. The van der Waals surface area contributed by atoms with Crippen LogP contribution in [0.2, 0.25) is 5.02 Å². The Morgan fingerprint density at radius 3 is 2.52 bits per heavy atom.